The number of hydrogen-bond donors (Lipinski definition) is 1. The van der Waals surface area contributed by atoms with Gasteiger partial charge in [0.05, 0.1) is 4.92 Å². The monoisotopic (exact) mass is 272 g/mol. The number of nitrogens with zero attached hydrogens (tertiary/aromatic N) is 1. The van der Waals surface area contributed by atoms with Crippen molar-refractivity contribution in [3.05, 3.63) is 27.1 Å². The molecule has 0 bridgehead atoms. The summed E-state index contributed by atoms with van der Waals surface area (Å²) in [4.78, 5) is 11.2. The molecule has 1 atom stereocenters. The SMILES string of the molecule is O=[N+]([O-])c1ccc(CNCC2CCCCS2)s1. The topological polar surface area (TPSA) is 55.2 Å². The van der Waals surface area contributed by atoms with Crippen LogP contribution in [0.4, 0.5) is 5.00 Å². The van der Waals surface area contributed by atoms with E-state index in [-0.39, 0.29) is 9.92 Å². The fourth-order valence-corrected chi connectivity index (χ4v) is 3.95. The van der Waals surface area contributed by atoms with Crippen molar-refractivity contribution in [3.8, 4) is 0 Å². The number of nitro groups is 1. The number of rotatable bonds is 5. The average Bonchev–Trinajstić information content (AvgIpc) is 2.79. The van der Waals surface area contributed by atoms with Gasteiger partial charge in [0.2, 0.25) is 0 Å². The smallest absolute Gasteiger partial charge is 0.311 e. The molecule has 0 radical (unpaired) electrons. The molecule has 1 saturated heterocycles. The van der Waals surface area contributed by atoms with Gasteiger partial charge in [-0.15, -0.1) is 0 Å². The summed E-state index contributed by atoms with van der Waals surface area (Å²) in [5.41, 5.74) is 0. The zero-order valence-corrected chi connectivity index (χ0v) is 11.2. The van der Waals surface area contributed by atoms with E-state index in [1.165, 1.54) is 36.4 Å². The van der Waals surface area contributed by atoms with Crippen molar-refractivity contribution in [2.24, 2.45) is 0 Å². The molecule has 2 rings (SSSR count). The van der Waals surface area contributed by atoms with Gasteiger partial charge in [0.15, 0.2) is 0 Å². The maximum Gasteiger partial charge on any atom is 0.324 e. The summed E-state index contributed by atoms with van der Waals surface area (Å²) in [6.07, 6.45) is 3.98. The second-order valence-corrected chi connectivity index (χ2v) is 6.67. The van der Waals surface area contributed by atoms with Gasteiger partial charge in [-0.3, -0.25) is 10.1 Å². The summed E-state index contributed by atoms with van der Waals surface area (Å²) < 4.78 is 0. The maximum absolute atomic E-state index is 10.5. The summed E-state index contributed by atoms with van der Waals surface area (Å²) in [6, 6.07) is 3.42. The Labute approximate surface area is 109 Å². The molecule has 0 aromatic carbocycles. The van der Waals surface area contributed by atoms with Crippen molar-refractivity contribution in [2.45, 2.75) is 31.1 Å². The van der Waals surface area contributed by atoms with Crippen molar-refractivity contribution in [1.82, 2.24) is 5.32 Å². The maximum atomic E-state index is 10.5. The minimum absolute atomic E-state index is 0.230. The quantitative estimate of drug-likeness (QED) is 0.661. The Morgan fingerprint density at radius 1 is 1.47 bits per heavy atom. The summed E-state index contributed by atoms with van der Waals surface area (Å²) in [5.74, 6) is 1.27. The van der Waals surface area contributed by atoms with Gasteiger partial charge in [0.1, 0.15) is 0 Å². The molecule has 4 nitrogen and oxygen atoms in total. The highest BCUT2D eigenvalue weighted by atomic mass is 32.2. The highest BCUT2D eigenvalue weighted by Crippen LogP contribution is 2.25. The summed E-state index contributed by atoms with van der Waals surface area (Å²) in [7, 11) is 0. The van der Waals surface area contributed by atoms with Crippen molar-refractivity contribution < 1.29 is 4.92 Å². The molecule has 0 amide bonds. The van der Waals surface area contributed by atoms with Crippen LogP contribution < -0.4 is 5.32 Å². The minimum Gasteiger partial charge on any atom is -0.311 e. The van der Waals surface area contributed by atoms with Crippen LogP contribution in [0.2, 0.25) is 0 Å². The lowest BCUT2D eigenvalue weighted by Crippen LogP contribution is -2.26. The van der Waals surface area contributed by atoms with Gasteiger partial charge >= 0.3 is 5.00 Å². The Bertz CT molecular complexity index is 375. The summed E-state index contributed by atoms with van der Waals surface area (Å²) >= 11 is 3.30. The first-order valence-corrected chi connectivity index (χ1v) is 7.67. The third-order valence-corrected chi connectivity index (χ3v) is 5.21. The third kappa shape index (κ3) is 3.97. The van der Waals surface area contributed by atoms with E-state index < -0.39 is 0 Å². The minimum atomic E-state index is -0.328. The molecule has 0 aliphatic carbocycles. The number of thioether (sulfide) groups is 1. The largest absolute Gasteiger partial charge is 0.324 e. The first-order valence-electron chi connectivity index (χ1n) is 5.81. The average molecular weight is 272 g/mol. The molecule has 1 fully saturated rings. The lowest BCUT2D eigenvalue weighted by Gasteiger charge is -2.21. The third-order valence-electron chi connectivity index (χ3n) is 2.77. The molecule has 1 N–H and O–H groups in total. The second-order valence-electron chi connectivity index (χ2n) is 4.12. The highest BCUT2D eigenvalue weighted by Gasteiger charge is 2.14. The number of nitrogens with one attached hydrogen (secondary N) is 1. The van der Waals surface area contributed by atoms with Crippen molar-refractivity contribution in [3.63, 3.8) is 0 Å². The Balaban J connectivity index is 1.71. The molecule has 1 aliphatic rings. The van der Waals surface area contributed by atoms with E-state index in [0.717, 1.165) is 23.2 Å². The highest BCUT2D eigenvalue weighted by molar-refractivity contribution is 7.99. The zero-order valence-electron chi connectivity index (χ0n) is 9.55. The van der Waals surface area contributed by atoms with E-state index in [2.05, 4.69) is 5.32 Å². The fourth-order valence-electron chi connectivity index (χ4n) is 1.88. The Hall–Kier alpha value is -0.590. The van der Waals surface area contributed by atoms with Crippen molar-refractivity contribution in [2.75, 3.05) is 12.3 Å². The second kappa shape index (κ2) is 6.37. The molecule has 2 heterocycles. The molecule has 6 heteroatoms. The van der Waals surface area contributed by atoms with Gasteiger partial charge in [0.25, 0.3) is 0 Å². The first-order chi connectivity index (χ1) is 8.25. The van der Waals surface area contributed by atoms with Gasteiger partial charge in [-0.2, -0.15) is 11.8 Å². The van der Waals surface area contributed by atoms with Crippen molar-refractivity contribution in [1.29, 1.82) is 0 Å². The molecule has 1 unspecified atom stereocenters. The lowest BCUT2D eigenvalue weighted by molar-refractivity contribution is -0.380. The molecule has 0 saturated carbocycles. The van der Waals surface area contributed by atoms with Gasteiger partial charge in [0, 0.05) is 29.3 Å². The van der Waals surface area contributed by atoms with Crippen LogP contribution >= 0.6 is 23.1 Å². The van der Waals surface area contributed by atoms with Gasteiger partial charge in [-0.1, -0.05) is 17.8 Å². The number of hydrogen-bond acceptors (Lipinski definition) is 5. The van der Waals surface area contributed by atoms with Crippen LogP contribution in [-0.4, -0.2) is 22.5 Å². The predicted molar refractivity (Wildman–Crippen MR) is 72.8 cm³/mol. The molecule has 1 aromatic rings. The van der Waals surface area contributed by atoms with E-state index in [4.69, 9.17) is 0 Å². The molecule has 1 aliphatic heterocycles. The molecular weight excluding hydrogens is 256 g/mol. The molecular formula is C11H16N2O2S2. The van der Waals surface area contributed by atoms with E-state index in [0.29, 0.717) is 0 Å². The van der Waals surface area contributed by atoms with Gasteiger partial charge in [-0.25, -0.2) is 0 Å². The van der Waals surface area contributed by atoms with Crippen LogP contribution in [0.25, 0.3) is 0 Å². The van der Waals surface area contributed by atoms with Crippen LogP contribution in [0.15, 0.2) is 12.1 Å². The number of thiophene rings is 1. The molecule has 94 valence electrons. The summed E-state index contributed by atoms with van der Waals surface area (Å²) in [5, 5.41) is 14.9. The molecule has 17 heavy (non-hydrogen) atoms. The van der Waals surface area contributed by atoms with Crippen molar-refractivity contribution >= 4 is 28.1 Å². The molecule has 0 spiro atoms. The Morgan fingerprint density at radius 3 is 3.00 bits per heavy atom. The van der Waals surface area contributed by atoms with Crippen LogP contribution in [0, 0.1) is 10.1 Å². The van der Waals surface area contributed by atoms with E-state index >= 15 is 0 Å². The molecule has 1 aromatic heterocycles. The standard InChI is InChI=1S/C11H16N2O2S2/c14-13(15)11-5-4-10(17-11)8-12-7-9-3-1-2-6-16-9/h4-5,9,12H,1-3,6-8H2. The van der Waals surface area contributed by atoms with Crippen LogP contribution in [0.3, 0.4) is 0 Å². The van der Waals surface area contributed by atoms with Crippen LogP contribution in [0.5, 0.6) is 0 Å². The first kappa shape index (κ1) is 12.9. The zero-order chi connectivity index (χ0) is 12.1. The lowest BCUT2D eigenvalue weighted by atomic mass is 10.2. The van der Waals surface area contributed by atoms with E-state index in [1.54, 1.807) is 6.07 Å². The van der Waals surface area contributed by atoms with Gasteiger partial charge < -0.3 is 5.32 Å². The Kier molecular flexibility index (Phi) is 4.82. The van der Waals surface area contributed by atoms with E-state index in [9.17, 15) is 10.1 Å². The van der Waals surface area contributed by atoms with E-state index in [1.807, 2.05) is 17.8 Å². The Morgan fingerprint density at radius 2 is 2.35 bits per heavy atom. The predicted octanol–water partition coefficient (Wildman–Crippen LogP) is 3.03. The fraction of sp³-hybridized carbons (Fsp3) is 0.636. The van der Waals surface area contributed by atoms with Gasteiger partial charge in [-0.05, 0) is 24.7 Å². The summed E-state index contributed by atoms with van der Waals surface area (Å²) in [6.45, 7) is 1.76. The normalized spacial score (nSPS) is 20.4. The van der Waals surface area contributed by atoms with Crippen LogP contribution in [-0.2, 0) is 6.54 Å². The van der Waals surface area contributed by atoms with Crippen LogP contribution in [0.1, 0.15) is 24.1 Å².